The number of benzene rings is 2. The monoisotopic (exact) mass is 288 g/mol. The number of rotatable bonds is 4. The summed E-state index contributed by atoms with van der Waals surface area (Å²) in [7, 11) is 1.40. The van der Waals surface area contributed by atoms with Gasteiger partial charge in [0.1, 0.15) is 11.9 Å². The fraction of sp³-hybridized carbons (Fsp3) is 0.188. The highest BCUT2D eigenvalue weighted by Gasteiger charge is 2.10. The first kappa shape index (κ1) is 14.8. The second kappa shape index (κ2) is 6.23. The van der Waals surface area contributed by atoms with E-state index in [0.29, 0.717) is 5.69 Å². The predicted octanol–water partition coefficient (Wildman–Crippen LogP) is 4.02. The number of nitrogens with zero attached hydrogens (tertiary/aromatic N) is 1. The van der Waals surface area contributed by atoms with E-state index in [0.717, 1.165) is 5.56 Å². The maximum absolute atomic E-state index is 13.7. The van der Waals surface area contributed by atoms with Crippen molar-refractivity contribution in [1.29, 1.82) is 5.26 Å². The van der Waals surface area contributed by atoms with Crippen LogP contribution in [0.1, 0.15) is 24.1 Å². The standard InChI is InChI=1S/C16H14F2N2O/c1-10(11-3-6-16(21-2)15(18)8-11)20-13-4-5-14(17)12(7-13)9-19/h3-8,10,20H,1-2H3. The van der Waals surface area contributed by atoms with Crippen LogP contribution in [0.2, 0.25) is 0 Å². The van der Waals surface area contributed by atoms with Gasteiger partial charge in [-0.3, -0.25) is 0 Å². The number of halogens is 2. The molecule has 0 aromatic heterocycles. The first-order chi connectivity index (χ1) is 10.0. The molecule has 1 atom stereocenters. The van der Waals surface area contributed by atoms with E-state index in [-0.39, 0.29) is 17.4 Å². The molecule has 0 spiro atoms. The van der Waals surface area contributed by atoms with Crippen LogP contribution in [0.3, 0.4) is 0 Å². The molecule has 0 heterocycles. The first-order valence-corrected chi connectivity index (χ1v) is 6.34. The number of hydrogen-bond acceptors (Lipinski definition) is 3. The molecule has 2 aromatic carbocycles. The van der Waals surface area contributed by atoms with Crippen molar-refractivity contribution in [2.75, 3.05) is 12.4 Å². The molecule has 0 radical (unpaired) electrons. The predicted molar refractivity (Wildman–Crippen MR) is 76.1 cm³/mol. The first-order valence-electron chi connectivity index (χ1n) is 6.34. The molecule has 0 amide bonds. The molecule has 0 aliphatic heterocycles. The highest BCUT2D eigenvalue weighted by Crippen LogP contribution is 2.25. The Morgan fingerprint density at radius 3 is 2.52 bits per heavy atom. The van der Waals surface area contributed by atoms with Crippen molar-refractivity contribution >= 4 is 5.69 Å². The minimum absolute atomic E-state index is 0.0342. The molecule has 2 aromatic rings. The molecular weight excluding hydrogens is 274 g/mol. The van der Waals surface area contributed by atoms with Crippen molar-refractivity contribution in [3.63, 3.8) is 0 Å². The SMILES string of the molecule is COc1ccc(C(C)Nc2ccc(F)c(C#N)c2)cc1F. The van der Waals surface area contributed by atoms with E-state index in [2.05, 4.69) is 5.32 Å². The lowest BCUT2D eigenvalue weighted by molar-refractivity contribution is 0.386. The average molecular weight is 288 g/mol. The third-order valence-electron chi connectivity index (χ3n) is 3.15. The topological polar surface area (TPSA) is 45.0 Å². The average Bonchev–Trinajstić information content (AvgIpc) is 2.49. The highest BCUT2D eigenvalue weighted by atomic mass is 19.1. The summed E-state index contributed by atoms with van der Waals surface area (Å²) in [6.45, 7) is 1.84. The fourth-order valence-corrected chi connectivity index (χ4v) is 1.99. The van der Waals surface area contributed by atoms with Gasteiger partial charge in [-0.1, -0.05) is 6.07 Å². The number of hydrogen-bond donors (Lipinski definition) is 1. The van der Waals surface area contributed by atoms with E-state index in [4.69, 9.17) is 10.00 Å². The Labute approximate surface area is 121 Å². The van der Waals surface area contributed by atoms with E-state index >= 15 is 0 Å². The van der Waals surface area contributed by atoms with Crippen molar-refractivity contribution in [1.82, 2.24) is 0 Å². The summed E-state index contributed by atoms with van der Waals surface area (Å²) < 4.78 is 31.8. The van der Waals surface area contributed by atoms with Gasteiger partial charge < -0.3 is 10.1 Å². The van der Waals surface area contributed by atoms with Crippen molar-refractivity contribution < 1.29 is 13.5 Å². The van der Waals surface area contributed by atoms with Crippen molar-refractivity contribution in [2.24, 2.45) is 0 Å². The Balaban J connectivity index is 2.20. The zero-order valence-electron chi connectivity index (χ0n) is 11.7. The summed E-state index contributed by atoms with van der Waals surface area (Å²) in [5.74, 6) is -0.828. The lowest BCUT2D eigenvalue weighted by atomic mass is 10.1. The minimum atomic E-state index is -0.564. The van der Waals surface area contributed by atoms with Crippen LogP contribution in [0.25, 0.3) is 0 Å². The normalized spacial score (nSPS) is 11.6. The van der Waals surface area contributed by atoms with Gasteiger partial charge in [0.2, 0.25) is 0 Å². The van der Waals surface area contributed by atoms with Gasteiger partial charge in [-0.05, 0) is 42.8 Å². The molecule has 21 heavy (non-hydrogen) atoms. The molecule has 0 saturated heterocycles. The maximum Gasteiger partial charge on any atom is 0.165 e. The smallest absolute Gasteiger partial charge is 0.165 e. The molecule has 2 rings (SSSR count). The van der Waals surface area contributed by atoms with Gasteiger partial charge in [0.15, 0.2) is 11.6 Å². The van der Waals surface area contributed by atoms with Crippen LogP contribution < -0.4 is 10.1 Å². The van der Waals surface area contributed by atoms with Crippen LogP contribution in [-0.2, 0) is 0 Å². The summed E-state index contributed by atoms with van der Waals surface area (Å²) in [6.07, 6.45) is 0. The maximum atomic E-state index is 13.7. The highest BCUT2D eigenvalue weighted by molar-refractivity contribution is 5.51. The van der Waals surface area contributed by atoms with Crippen LogP contribution >= 0.6 is 0 Å². The Hall–Kier alpha value is -2.61. The van der Waals surface area contributed by atoms with E-state index in [9.17, 15) is 8.78 Å². The van der Waals surface area contributed by atoms with Gasteiger partial charge in [0.25, 0.3) is 0 Å². The third-order valence-corrected chi connectivity index (χ3v) is 3.15. The number of ether oxygens (including phenoxy) is 1. The van der Waals surface area contributed by atoms with Gasteiger partial charge >= 0.3 is 0 Å². The molecule has 0 aliphatic rings. The quantitative estimate of drug-likeness (QED) is 0.924. The number of nitriles is 1. The van der Waals surface area contributed by atoms with Crippen LogP contribution in [-0.4, -0.2) is 7.11 Å². The largest absolute Gasteiger partial charge is 0.494 e. The van der Waals surface area contributed by atoms with E-state index in [1.807, 2.05) is 6.92 Å². The second-order valence-corrected chi connectivity index (χ2v) is 4.57. The Morgan fingerprint density at radius 2 is 1.90 bits per heavy atom. The summed E-state index contributed by atoms with van der Waals surface area (Å²) in [6, 6.07) is 10.4. The number of nitrogens with one attached hydrogen (secondary N) is 1. The van der Waals surface area contributed by atoms with E-state index in [1.54, 1.807) is 18.2 Å². The molecule has 3 nitrogen and oxygen atoms in total. The second-order valence-electron chi connectivity index (χ2n) is 4.57. The van der Waals surface area contributed by atoms with E-state index < -0.39 is 11.6 Å². The molecule has 0 bridgehead atoms. The minimum Gasteiger partial charge on any atom is -0.494 e. The zero-order valence-corrected chi connectivity index (χ0v) is 11.7. The van der Waals surface area contributed by atoms with Crippen molar-refractivity contribution in [3.05, 3.63) is 59.2 Å². The number of methoxy groups -OCH3 is 1. The zero-order chi connectivity index (χ0) is 15.4. The molecule has 0 fully saturated rings. The molecule has 0 saturated carbocycles. The van der Waals surface area contributed by atoms with Gasteiger partial charge in [0, 0.05) is 11.7 Å². The van der Waals surface area contributed by atoms with Crippen LogP contribution in [0.4, 0.5) is 14.5 Å². The van der Waals surface area contributed by atoms with E-state index in [1.165, 1.54) is 31.4 Å². The Bertz CT molecular complexity index is 695. The fourth-order valence-electron chi connectivity index (χ4n) is 1.99. The molecule has 5 heteroatoms. The van der Waals surface area contributed by atoms with Crippen LogP contribution in [0.5, 0.6) is 5.75 Å². The lowest BCUT2D eigenvalue weighted by Crippen LogP contribution is -2.07. The Morgan fingerprint density at radius 1 is 1.14 bits per heavy atom. The molecule has 0 aliphatic carbocycles. The van der Waals surface area contributed by atoms with Gasteiger partial charge in [-0.2, -0.15) is 5.26 Å². The summed E-state index contributed by atoms with van der Waals surface area (Å²) in [4.78, 5) is 0. The van der Waals surface area contributed by atoms with Crippen LogP contribution in [0, 0.1) is 23.0 Å². The molecule has 108 valence electrons. The molecular formula is C16H14F2N2O. The summed E-state index contributed by atoms with van der Waals surface area (Å²) >= 11 is 0. The lowest BCUT2D eigenvalue weighted by Gasteiger charge is -2.16. The Kier molecular flexibility index (Phi) is 4.39. The molecule has 1 unspecified atom stereocenters. The summed E-state index contributed by atoms with van der Waals surface area (Å²) in [5.41, 5.74) is 1.28. The van der Waals surface area contributed by atoms with Gasteiger partial charge in [-0.15, -0.1) is 0 Å². The van der Waals surface area contributed by atoms with Crippen molar-refractivity contribution in [2.45, 2.75) is 13.0 Å². The molecule has 1 N–H and O–H groups in total. The van der Waals surface area contributed by atoms with Crippen LogP contribution in [0.15, 0.2) is 36.4 Å². The number of anilines is 1. The van der Waals surface area contributed by atoms with Crippen molar-refractivity contribution in [3.8, 4) is 11.8 Å². The van der Waals surface area contributed by atoms with Gasteiger partial charge in [0.05, 0.1) is 12.7 Å². The summed E-state index contributed by atoms with van der Waals surface area (Å²) in [5, 5.41) is 11.9. The van der Waals surface area contributed by atoms with Gasteiger partial charge in [-0.25, -0.2) is 8.78 Å². The third kappa shape index (κ3) is 3.29.